The van der Waals surface area contributed by atoms with Crippen molar-refractivity contribution in [1.29, 1.82) is 0 Å². The molecule has 3 nitrogen and oxygen atoms in total. The Kier molecular flexibility index (Phi) is 5.72. The van der Waals surface area contributed by atoms with E-state index in [4.69, 9.17) is 11.6 Å². The molecule has 0 bridgehead atoms. The summed E-state index contributed by atoms with van der Waals surface area (Å²) in [6.45, 7) is 2.01. The molecule has 0 aromatic heterocycles. The molecule has 3 rings (SSSR count). The molecule has 0 saturated carbocycles. The predicted molar refractivity (Wildman–Crippen MR) is 104 cm³/mol. The van der Waals surface area contributed by atoms with Crippen LogP contribution >= 0.6 is 11.6 Å². The Bertz CT molecular complexity index is 964. The van der Waals surface area contributed by atoms with E-state index in [-0.39, 0.29) is 11.6 Å². The van der Waals surface area contributed by atoms with Crippen LogP contribution in [0.2, 0.25) is 5.02 Å². The van der Waals surface area contributed by atoms with E-state index in [0.29, 0.717) is 22.5 Å². The fourth-order valence-corrected chi connectivity index (χ4v) is 2.88. The molecule has 1 unspecified atom stereocenters. The smallest absolute Gasteiger partial charge is 0.258 e. The zero-order chi connectivity index (χ0) is 19.4. The van der Waals surface area contributed by atoms with Crippen LogP contribution in [-0.4, -0.2) is 5.91 Å². The van der Waals surface area contributed by atoms with Crippen molar-refractivity contribution in [3.63, 3.8) is 0 Å². The molecular formula is C21H17ClF2N2O. The summed E-state index contributed by atoms with van der Waals surface area (Å²) in [7, 11) is 0. The number of anilines is 2. The van der Waals surface area contributed by atoms with Gasteiger partial charge < -0.3 is 10.6 Å². The molecule has 138 valence electrons. The first-order valence-electron chi connectivity index (χ1n) is 8.31. The normalized spacial score (nSPS) is 11.7. The van der Waals surface area contributed by atoms with Crippen molar-refractivity contribution in [3.8, 4) is 0 Å². The fourth-order valence-electron chi connectivity index (χ4n) is 2.64. The van der Waals surface area contributed by atoms with Gasteiger partial charge >= 0.3 is 0 Å². The second kappa shape index (κ2) is 8.18. The van der Waals surface area contributed by atoms with Gasteiger partial charge in [-0.2, -0.15) is 0 Å². The van der Waals surface area contributed by atoms with Crippen molar-refractivity contribution in [1.82, 2.24) is 0 Å². The van der Waals surface area contributed by atoms with E-state index < -0.39 is 17.5 Å². The zero-order valence-corrected chi connectivity index (χ0v) is 15.2. The standard InChI is InChI=1S/C21H17ClF2N2O/c1-13(14-5-3-2-4-6-14)25-20-10-8-16(12-18(20)22)26-21(27)17-9-7-15(23)11-19(17)24/h2-13,25H,1H3,(H,26,27). The largest absolute Gasteiger partial charge is 0.377 e. The van der Waals surface area contributed by atoms with Crippen molar-refractivity contribution in [2.45, 2.75) is 13.0 Å². The van der Waals surface area contributed by atoms with Crippen molar-refractivity contribution in [3.05, 3.63) is 94.5 Å². The average Bonchev–Trinajstić information content (AvgIpc) is 2.64. The Morgan fingerprint density at radius 3 is 2.41 bits per heavy atom. The molecule has 1 atom stereocenters. The lowest BCUT2D eigenvalue weighted by Crippen LogP contribution is -2.14. The number of benzene rings is 3. The van der Waals surface area contributed by atoms with E-state index in [1.807, 2.05) is 37.3 Å². The summed E-state index contributed by atoms with van der Waals surface area (Å²) in [4.78, 5) is 12.2. The summed E-state index contributed by atoms with van der Waals surface area (Å²) in [5.74, 6) is -2.34. The number of carbonyl (C=O) groups is 1. The van der Waals surface area contributed by atoms with Crippen LogP contribution in [0.5, 0.6) is 0 Å². The summed E-state index contributed by atoms with van der Waals surface area (Å²) < 4.78 is 26.7. The Morgan fingerprint density at radius 1 is 1.00 bits per heavy atom. The van der Waals surface area contributed by atoms with E-state index in [9.17, 15) is 13.6 Å². The highest BCUT2D eigenvalue weighted by atomic mass is 35.5. The predicted octanol–water partition coefficient (Wildman–Crippen LogP) is 6.04. The van der Waals surface area contributed by atoms with Crippen LogP contribution in [0.15, 0.2) is 66.7 Å². The molecule has 0 aliphatic heterocycles. The number of amides is 1. The highest BCUT2D eigenvalue weighted by molar-refractivity contribution is 6.33. The Morgan fingerprint density at radius 2 is 1.74 bits per heavy atom. The van der Waals surface area contributed by atoms with E-state index in [1.165, 1.54) is 0 Å². The van der Waals surface area contributed by atoms with Gasteiger partial charge in [-0.05, 0) is 42.8 Å². The van der Waals surface area contributed by atoms with Crippen LogP contribution in [0.1, 0.15) is 28.9 Å². The quantitative estimate of drug-likeness (QED) is 0.561. The molecule has 6 heteroatoms. The van der Waals surface area contributed by atoms with Gasteiger partial charge in [0.1, 0.15) is 11.6 Å². The van der Waals surface area contributed by atoms with Gasteiger partial charge in [0.2, 0.25) is 0 Å². The summed E-state index contributed by atoms with van der Waals surface area (Å²) in [6.07, 6.45) is 0. The third-order valence-corrected chi connectivity index (χ3v) is 4.39. The highest BCUT2D eigenvalue weighted by Gasteiger charge is 2.14. The number of rotatable bonds is 5. The first-order chi connectivity index (χ1) is 12.9. The lowest BCUT2D eigenvalue weighted by Gasteiger charge is -2.17. The van der Waals surface area contributed by atoms with Gasteiger partial charge in [0.15, 0.2) is 0 Å². The van der Waals surface area contributed by atoms with E-state index in [0.717, 1.165) is 17.7 Å². The van der Waals surface area contributed by atoms with Crippen molar-refractivity contribution >= 4 is 28.9 Å². The minimum atomic E-state index is -0.923. The van der Waals surface area contributed by atoms with Gasteiger partial charge in [0, 0.05) is 17.8 Å². The van der Waals surface area contributed by atoms with Gasteiger partial charge in [-0.15, -0.1) is 0 Å². The molecule has 0 aliphatic carbocycles. The van der Waals surface area contributed by atoms with Crippen molar-refractivity contribution in [2.24, 2.45) is 0 Å². The number of hydrogen-bond acceptors (Lipinski definition) is 2. The Hall–Kier alpha value is -2.92. The number of halogens is 3. The molecule has 0 spiro atoms. The SMILES string of the molecule is CC(Nc1ccc(NC(=O)c2ccc(F)cc2F)cc1Cl)c1ccccc1. The van der Waals surface area contributed by atoms with Crippen molar-refractivity contribution in [2.75, 3.05) is 10.6 Å². The van der Waals surface area contributed by atoms with Crippen LogP contribution in [0, 0.1) is 11.6 Å². The summed E-state index contributed by atoms with van der Waals surface area (Å²) in [5.41, 5.74) is 1.98. The Labute approximate surface area is 161 Å². The van der Waals surface area contributed by atoms with Gasteiger partial charge in [-0.3, -0.25) is 4.79 Å². The minimum Gasteiger partial charge on any atom is -0.377 e. The van der Waals surface area contributed by atoms with Crippen LogP contribution in [0.4, 0.5) is 20.2 Å². The molecule has 3 aromatic rings. The lowest BCUT2D eigenvalue weighted by molar-refractivity contribution is 0.102. The minimum absolute atomic E-state index is 0.0393. The molecule has 2 N–H and O–H groups in total. The number of carbonyl (C=O) groups excluding carboxylic acids is 1. The van der Waals surface area contributed by atoms with E-state index >= 15 is 0 Å². The maximum atomic E-state index is 13.7. The third-order valence-electron chi connectivity index (χ3n) is 4.07. The van der Waals surface area contributed by atoms with Crippen LogP contribution in [0.25, 0.3) is 0 Å². The second-order valence-corrected chi connectivity index (χ2v) is 6.46. The van der Waals surface area contributed by atoms with Gasteiger partial charge in [0.25, 0.3) is 5.91 Å². The van der Waals surface area contributed by atoms with Gasteiger partial charge in [-0.1, -0.05) is 41.9 Å². The molecule has 0 fully saturated rings. The fraction of sp³-hybridized carbons (Fsp3) is 0.0952. The molecular weight excluding hydrogens is 370 g/mol. The molecule has 0 saturated heterocycles. The second-order valence-electron chi connectivity index (χ2n) is 6.05. The molecule has 1 amide bonds. The van der Waals surface area contributed by atoms with Gasteiger partial charge in [0.05, 0.1) is 16.3 Å². The highest BCUT2D eigenvalue weighted by Crippen LogP contribution is 2.29. The third kappa shape index (κ3) is 4.63. The molecule has 27 heavy (non-hydrogen) atoms. The molecule has 3 aromatic carbocycles. The first-order valence-corrected chi connectivity index (χ1v) is 8.69. The molecule has 0 heterocycles. The zero-order valence-electron chi connectivity index (χ0n) is 14.5. The van der Waals surface area contributed by atoms with Gasteiger partial charge in [-0.25, -0.2) is 8.78 Å². The first kappa shape index (κ1) is 18.9. The average molecular weight is 387 g/mol. The number of hydrogen-bond donors (Lipinski definition) is 2. The summed E-state index contributed by atoms with van der Waals surface area (Å²) in [6, 6.07) is 17.7. The van der Waals surface area contributed by atoms with E-state index in [2.05, 4.69) is 10.6 Å². The maximum Gasteiger partial charge on any atom is 0.258 e. The Balaban J connectivity index is 1.72. The van der Waals surface area contributed by atoms with E-state index in [1.54, 1.807) is 18.2 Å². The summed E-state index contributed by atoms with van der Waals surface area (Å²) >= 11 is 6.30. The number of nitrogens with one attached hydrogen (secondary N) is 2. The topological polar surface area (TPSA) is 41.1 Å². The van der Waals surface area contributed by atoms with Crippen LogP contribution in [-0.2, 0) is 0 Å². The lowest BCUT2D eigenvalue weighted by atomic mass is 10.1. The van der Waals surface area contributed by atoms with Crippen molar-refractivity contribution < 1.29 is 13.6 Å². The molecule has 0 aliphatic rings. The van der Waals surface area contributed by atoms with Crippen LogP contribution < -0.4 is 10.6 Å². The summed E-state index contributed by atoms with van der Waals surface area (Å²) in [5, 5.41) is 6.28. The monoisotopic (exact) mass is 386 g/mol. The van der Waals surface area contributed by atoms with Crippen LogP contribution in [0.3, 0.4) is 0 Å². The molecule has 0 radical (unpaired) electrons. The maximum absolute atomic E-state index is 13.7.